The van der Waals surface area contributed by atoms with Crippen LogP contribution in [0.3, 0.4) is 0 Å². The molecule has 0 spiro atoms. The Bertz CT molecular complexity index is 504. The van der Waals surface area contributed by atoms with Crippen LogP contribution < -0.4 is 0 Å². The minimum Gasteiger partial charge on any atom is -0.328 e. The van der Waals surface area contributed by atoms with Crippen LogP contribution in [0.4, 0.5) is 0 Å². The minimum absolute atomic E-state index is 0.137. The Kier molecular flexibility index (Phi) is 7.37. The molecule has 0 aromatic heterocycles. The van der Waals surface area contributed by atoms with E-state index in [-0.39, 0.29) is 23.4 Å². The molecule has 1 aliphatic heterocycles. The maximum Gasteiger partial charge on any atom is 0.270 e. The largest absolute Gasteiger partial charge is 0.328 e. The van der Waals surface area contributed by atoms with Gasteiger partial charge in [-0.2, -0.15) is 0 Å². The number of rotatable bonds is 4. The van der Waals surface area contributed by atoms with Crippen molar-refractivity contribution in [1.29, 1.82) is 0 Å². The molecule has 4 nitrogen and oxygen atoms in total. The first kappa shape index (κ1) is 21.2. The zero-order chi connectivity index (χ0) is 18.1. The van der Waals surface area contributed by atoms with Crippen LogP contribution in [-0.2, 0) is 9.59 Å². The van der Waals surface area contributed by atoms with Crippen molar-refractivity contribution in [3.63, 3.8) is 0 Å². The first-order valence-electron chi connectivity index (χ1n) is 6.99. The molecule has 1 fully saturated rings. The molecule has 0 aromatic rings. The Hall–Kier alpha value is 0.130. The van der Waals surface area contributed by atoms with E-state index in [1.165, 1.54) is 22.9 Å². The van der Waals surface area contributed by atoms with E-state index in [1.54, 1.807) is 14.0 Å². The molecular formula is C14H19Cl5N2O2. The van der Waals surface area contributed by atoms with Crippen molar-refractivity contribution in [3.05, 3.63) is 11.8 Å². The summed E-state index contributed by atoms with van der Waals surface area (Å²) in [5.41, 5.74) is 0.188. The smallest absolute Gasteiger partial charge is 0.270 e. The monoisotopic (exact) mass is 422 g/mol. The van der Waals surface area contributed by atoms with Gasteiger partial charge < -0.3 is 9.80 Å². The highest BCUT2D eigenvalue weighted by molar-refractivity contribution is 6.67. The second-order valence-corrected chi connectivity index (χ2v) is 9.29. The lowest BCUT2D eigenvalue weighted by Gasteiger charge is -2.39. The highest BCUT2D eigenvalue weighted by atomic mass is 35.6. The Morgan fingerprint density at radius 3 is 2.13 bits per heavy atom. The number of likely N-dealkylation sites (N-methyl/N-ethyl adjacent to an activating group) is 2. The fourth-order valence-corrected chi connectivity index (χ4v) is 2.60. The number of hydrogen-bond acceptors (Lipinski definition) is 2. The van der Waals surface area contributed by atoms with Gasteiger partial charge in [0, 0.05) is 20.0 Å². The highest BCUT2D eigenvalue weighted by Crippen LogP contribution is 2.37. The standard InChI is InChI=1S/C14H19Cl5N2O2/c1-7(11(15)16)5-9-12(22)21(4)10(13(23)20(9)3)6-8(2)14(17,18)19/h6-9,11H,5H2,1-4H3. The van der Waals surface area contributed by atoms with E-state index in [4.69, 9.17) is 58.0 Å². The number of piperazine rings is 1. The Morgan fingerprint density at radius 1 is 1.17 bits per heavy atom. The van der Waals surface area contributed by atoms with E-state index in [9.17, 15) is 9.59 Å². The lowest BCUT2D eigenvalue weighted by Crippen LogP contribution is -2.56. The molecule has 9 heteroatoms. The van der Waals surface area contributed by atoms with Crippen LogP contribution in [0.2, 0.25) is 0 Å². The average molecular weight is 425 g/mol. The number of hydrogen-bond donors (Lipinski definition) is 0. The van der Waals surface area contributed by atoms with Crippen LogP contribution >= 0.6 is 58.0 Å². The second-order valence-electron chi connectivity index (χ2n) is 5.76. The second kappa shape index (κ2) is 8.01. The van der Waals surface area contributed by atoms with Crippen molar-refractivity contribution in [2.45, 2.75) is 34.9 Å². The van der Waals surface area contributed by atoms with Gasteiger partial charge in [-0.3, -0.25) is 9.59 Å². The van der Waals surface area contributed by atoms with Gasteiger partial charge in [0.05, 0.1) is 0 Å². The number of carbonyl (C=O) groups is 2. The fraction of sp³-hybridized carbons (Fsp3) is 0.714. The van der Waals surface area contributed by atoms with E-state index in [0.29, 0.717) is 6.42 Å². The molecule has 132 valence electrons. The number of allylic oxidation sites excluding steroid dienone is 1. The third-order valence-corrected chi connectivity index (χ3v) is 5.83. The van der Waals surface area contributed by atoms with Crippen molar-refractivity contribution >= 4 is 69.8 Å². The van der Waals surface area contributed by atoms with E-state index in [2.05, 4.69) is 0 Å². The molecule has 1 heterocycles. The maximum atomic E-state index is 12.6. The van der Waals surface area contributed by atoms with Gasteiger partial charge in [0.2, 0.25) is 5.91 Å². The van der Waals surface area contributed by atoms with Crippen LogP contribution in [0, 0.1) is 11.8 Å². The fourth-order valence-electron chi connectivity index (χ4n) is 2.20. The molecular weight excluding hydrogens is 405 g/mol. The summed E-state index contributed by atoms with van der Waals surface area (Å²) in [5, 5.41) is 0. The van der Waals surface area contributed by atoms with E-state index < -0.39 is 20.6 Å². The third-order valence-electron chi connectivity index (χ3n) is 3.93. The molecule has 0 aliphatic carbocycles. The van der Waals surface area contributed by atoms with Gasteiger partial charge in [-0.15, -0.1) is 23.2 Å². The summed E-state index contributed by atoms with van der Waals surface area (Å²) in [6.07, 6.45) is 1.87. The molecule has 0 aromatic carbocycles. The third kappa shape index (κ3) is 5.05. The van der Waals surface area contributed by atoms with Gasteiger partial charge in [0.25, 0.3) is 5.91 Å². The maximum absolute atomic E-state index is 12.6. The summed E-state index contributed by atoms with van der Waals surface area (Å²) in [6.45, 7) is 3.48. The van der Waals surface area contributed by atoms with E-state index in [0.717, 1.165) is 0 Å². The molecule has 0 bridgehead atoms. The predicted molar refractivity (Wildman–Crippen MR) is 96.1 cm³/mol. The number of amides is 2. The molecule has 0 radical (unpaired) electrons. The van der Waals surface area contributed by atoms with Gasteiger partial charge in [-0.05, 0) is 18.4 Å². The van der Waals surface area contributed by atoms with Crippen molar-refractivity contribution < 1.29 is 9.59 Å². The van der Waals surface area contributed by atoms with Crippen molar-refractivity contribution in [2.24, 2.45) is 11.8 Å². The topological polar surface area (TPSA) is 40.6 Å². The van der Waals surface area contributed by atoms with E-state index >= 15 is 0 Å². The number of halogens is 5. The molecule has 0 N–H and O–H groups in total. The van der Waals surface area contributed by atoms with Crippen LogP contribution in [0.5, 0.6) is 0 Å². The molecule has 1 rings (SSSR count). The first-order chi connectivity index (χ1) is 10.4. The highest BCUT2D eigenvalue weighted by Gasteiger charge is 2.41. The van der Waals surface area contributed by atoms with Gasteiger partial charge in [-0.1, -0.05) is 48.7 Å². The SMILES string of the molecule is CC(CC1C(=O)N(C)C(=CC(C)C(Cl)(Cl)Cl)C(=O)N1C)C(Cl)Cl. The quantitative estimate of drug-likeness (QED) is 0.505. The normalized spacial score (nSPS) is 24.6. The Labute approximate surface area is 161 Å². The van der Waals surface area contributed by atoms with Crippen LogP contribution in [-0.4, -0.2) is 50.4 Å². The van der Waals surface area contributed by atoms with Crippen LogP contribution in [0.25, 0.3) is 0 Å². The summed E-state index contributed by atoms with van der Waals surface area (Å²) in [5.74, 6) is -1.22. The van der Waals surface area contributed by atoms with Gasteiger partial charge in [0.15, 0.2) is 3.79 Å². The summed E-state index contributed by atoms with van der Waals surface area (Å²) < 4.78 is -1.56. The molecule has 23 heavy (non-hydrogen) atoms. The molecule has 2 amide bonds. The van der Waals surface area contributed by atoms with Crippen molar-refractivity contribution in [2.75, 3.05) is 14.1 Å². The molecule has 3 unspecified atom stereocenters. The molecule has 1 saturated heterocycles. The van der Waals surface area contributed by atoms with Gasteiger partial charge in [-0.25, -0.2) is 0 Å². The van der Waals surface area contributed by atoms with Crippen LogP contribution in [0.1, 0.15) is 20.3 Å². The summed E-state index contributed by atoms with van der Waals surface area (Å²) >= 11 is 29.2. The molecule has 0 saturated carbocycles. The van der Waals surface area contributed by atoms with E-state index in [1.807, 2.05) is 6.92 Å². The summed E-state index contributed by atoms with van der Waals surface area (Å²) in [7, 11) is 3.09. The Morgan fingerprint density at radius 2 is 1.70 bits per heavy atom. The number of carbonyl (C=O) groups excluding carboxylic acids is 2. The lowest BCUT2D eigenvalue weighted by atomic mass is 9.97. The molecule has 1 aliphatic rings. The summed E-state index contributed by atoms with van der Waals surface area (Å²) in [6, 6.07) is -0.622. The first-order valence-corrected chi connectivity index (χ1v) is 9.00. The van der Waals surface area contributed by atoms with Crippen molar-refractivity contribution in [1.82, 2.24) is 9.80 Å². The Balaban J connectivity index is 3.07. The summed E-state index contributed by atoms with van der Waals surface area (Å²) in [4.78, 5) is 27.2. The van der Waals surface area contributed by atoms with Crippen LogP contribution in [0.15, 0.2) is 11.8 Å². The number of nitrogens with zero attached hydrogens (tertiary/aromatic N) is 2. The van der Waals surface area contributed by atoms with Gasteiger partial charge >= 0.3 is 0 Å². The zero-order valence-corrected chi connectivity index (χ0v) is 17.0. The zero-order valence-electron chi connectivity index (χ0n) is 13.2. The average Bonchev–Trinajstić information content (AvgIpc) is 2.44. The number of alkyl halides is 5. The van der Waals surface area contributed by atoms with Gasteiger partial charge in [0.1, 0.15) is 16.6 Å². The molecule has 3 atom stereocenters. The van der Waals surface area contributed by atoms with Crippen molar-refractivity contribution in [3.8, 4) is 0 Å². The predicted octanol–water partition coefficient (Wildman–Crippen LogP) is 4.01. The minimum atomic E-state index is -1.56. The lowest BCUT2D eigenvalue weighted by molar-refractivity contribution is -0.149.